The van der Waals surface area contributed by atoms with Crippen LogP contribution in [0.4, 0.5) is 0 Å². The van der Waals surface area contributed by atoms with Gasteiger partial charge in [-0.15, -0.1) is 0 Å². The van der Waals surface area contributed by atoms with Gasteiger partial charge in [0.1, 0.15) is 5.75 Å². The van der Waals surface area contributed by atoms with E-state index < -0.39 is 6.10 Å². The number of aryl methyl sites for hydroxylation is 1. The average molecular weight is 291 g/mol. The van der Waals surface area contributed by atoms with Gasteiger partial charge < -0.3 is 15.4 Å². The summed E-state index contributed by atoms with van der Waals surface area (Å²) in [6, 6.07) is 4.21. The van der Waals surface area contributed by atoms with Crippen LogP contribution in [0.15, 0.2) is 12.1 Å². The zero-order valence-corrected chi connectivity index (χ0v) is 13.1. The van der Waals surface area contributed by atoms with Crippen LogP contribution in [0.1, 0.15) is 44.5 Å². The van der Waals surface area contributed by atoms with Crippen molar-refractivity contribution in [2.24, 2.45) is 0 Å². The summed E-state index contributed by atoms with van der Waals surface area (Å²) >= 11 is 0. The lowest BCUT2D eigenvalue weighted by atomic mass is 10.2. The molecule has 1 aromatic rings. The smallest absolute Gasteiger partial charge is 0.261 e. The summed E-state index contributed by atoms with van der Waals surface area (Å²) in [6.07, 6.45) is 2.37. The molecule has 5 heteroatoms. The number of amides is 1. The Labute approximate surface area is 126 Å². The largest absolute Gasteiger partial charge is 0.479 e. The molecular formula is C16H25N3O2. The number of aromatic nitrogens is 1. The number of nitrogens with one attached hydrogen (secondary N) is 2. The van der Waals surface area contributed by atoms with Crippen molar-refractivity contribution in [1.29, 1.82) is 0 Å². The Hall–Kier alpha value is -1.62. The maximum atomic E-state index is 12.0. The number of carbonyl (C=O) groups is 1. The first-order valence-electron chi connectivity index (χ1n) is 7.70. The molecule has 0 radical (unpaired) electrons. The van der Waals surface area contributed by atoms with E-state index in [4.69, 9.17) is 4.74 Å². The lowest BCUT2D eigenvalue weighted by Crippen LogP contribution is -2.37. The van der Waals surface area contributed by atoms with E-state index in [1.165, 1.54) is 0 Å². The highest BCUT2D eigenvalue weighted by molar-refractivity contribution is 5.81. The maximum absolute atomic E-state index is 12.0. The Bertz CT molecular complexity index is 488. The summed E-state index contributed by atoms with van der Waals surface area (Å²) < 4.78 is 5.95. The third kappa shape index (κ3) is 4.70. The highest BCUT2D eigenvalue weighted by Gasteiger charge is 2.23. The molecule has 0 saturated carbocycles. The van der Waals surface area contributed by atoms with Crippen LogP contribution in [0.3, 0.4) is 0 Å². The third-order valence-corrected chi connectivity index (χ3v) is 3.50. The molecular weight excluding hydrogens is 266 g/mol. The van der Waals surface area contributed by atoms with Crippen LogP contribution in [0.5, 0.6) is 5.75 Å². The molecule has 2 heterocycles. The first-order valence-corrected chi connectivity index (χ1v) is 7.70. The first-order chi connectivity index (χ1) is 10.1. The summed E-state index contributed by atoms with van der Waals surface area (Å²) in [7, 11) is 0. The van der Waals surface area contributed by atoms with Crippen molar-refractivity contribution in [3.63, 3.8) is 0 Å². The molecule has 1 aromatic heterocycles. The summed E-state index contributed by atoms with van der Waals surface area (Å²) in [4.78, 5) is 16.5. The normalized spacial score (nSPS) is 19.2. The summed E-state index contributed by atoms with van der Waals surface area (Å²) in [6.45, 7) is 7.53. The van der Waals surface area contributed by atoms with E-state index in [1.54, 1.807) is 0 Å². The van der Waals surface area contributed by atoms with E-state index in [0.29, 0.717) is 18.3 Å². The second-order valence-electron chi connectivity index (χ2n) is 5.83. The molecule has 1 aliphatic heterocycles. The van der Waals surface area contributed by atoms with E-state index >= 15 is 0 Å². The molecule has 1 saturated heterocycles. The number of nitrogens with zero attached hydrogens (tertiary/aromatic N) is 1. The van der Waals surface area contributed by atoms with Gasteiger partial charge in [-0.2, -0.15) is 0 Å². The number of carbonyl (C=O) groups excluding carboxylic acids is 1. The lowest BCUT2D eigenvalue weighted by molar-refractivity contribution is -0.127. The molecule has 5 nitrogen and oxygen atoms in total. The molecule has 116 valence electrons. The molecule has 1 unspecified atom stereocenters. The van der Waals surface area contributed by atoms with Gasteiger partial charge in [0.05, 0.1) is 5.69 Å². The molecule has 2 N–H and O–H groups in total. The van der Waals surface area contributed by atoms with Crippen molar-refractivity contribution in [3.05, 3.63) is 23.5 Å². The second kappa shape index (κ2) is 7.41. The maximum Gasteiger partial charge on any atom is 0.261 e. The van der Waals surface area contributed by atoms with Gasteiger partial charge in [-0.1, -0.05) is 13.8 Å². The fourth-order valence-corrected chi connectivity index (χ4v) is 2.31. The SMILES string of the molecule is Cc1ccc(OC2CCCCNC2=O)c(CNC(C)C)n1. The molecule has 0 aromatic carbocycles. The van der Waals surface area contributed by atoms with Crippen molar-refractivity contribution >= 4 is 5.91 Å². The molecule has 0 spiro atoms. The monoisotopic (exact) mass is 291 g/mol. The number of pyridine rings is 1. The fourth-order valence-electron chi connectivity index (χ4n) is 2.31. The summed E-state index contributed by atoms with van der Waals surface area (Å²) in [5.74, 6) is 0.687. The minimum Gasteiger partial charge on any atom is -0.479 e. The van der Waals surface area contributed by atoms with E-state index in [-0.39, 0.29) is 5.91 Å². The van der Waals surface area contributed by atoms with Gasteiger partial charge >= 0.3 is 0 Å². The molecule has 0 bridgehead atoms. The van der Waals surface area contributed by atoms with Crippen LogP contribution in [0.2, 0.25) is 0 Å². The predicted molar refractivity (Wildman–Crippen MR) is 82.2 cm³/mol. The zero-order chi connectivity index (χ0) is 15.2. The number of rotatable bonds is 5. The van der Waals surface area contributed by atoms with Gasteiger partial charge in [-0.05, 0) is 38.3 Å². The summed E-state index contributed by atoms with van der Waals surface area (Å²) in [5.41, 5.74) is 1.81. The van der Waals surface area contributed by atoms with Crippen LogP contribution in [0, 0.1) is 6.92 Å². The Balaban J connectivity index is 2.12. The van der Waals surface area contributed by atoms with Crippen molar-refractivity contribution in [2.75, 3.05) is 6.54 Å². The van der Waals surface area contributed by atoms with Crippen molar-refractivity contribution in [3.8, 4) is 5.75 Å². The van der Waals surface area contributed by atoms with Crippen LogP contribution < -0.4 is 15.4 Å². The zero-order valence-electron chi connectivity index (χ0n) is 13.1. The van der Waals surface area contributed by atoms with E-state index in [0.717, 1.165) is 37.2 Å². The molecule has 1 amide bonds. The number of ether oxygens (including phenoxy) is 1. The molecule has 1 fully saturated rings. The van der Waals surface area contributed by atoms with Gasteiger partial charge in [0, 0.05) is 24.8 Å². The molecule has 21 heavy (non-hydrogen) atoms. The van der Waals surface area contributed by atoms with Crippen LogP contribution >= 0.6 is 0 Å². The standard InChI is InChI=1S/C16H25N3O2/c1-11(2)18-10-13-14(8-7-12(3)19-13)21-15-6-4-5-9-17-16(15)20/h7-8,11,15,18H,4-6,9-10H2,1-3H3,(H,17,20). The predicted octanol–water partition coefficient (Wildman–Crippen LogP) is 1.94. The minimum atomic E-state index is -0.408. The molecule has 1 atom stereocenters. The van der Waals surface area contributed by atoms with Gasteiger partial charge in [0.25, 0.3) is 5.91 Å². The molecule has 0 aliphatic carbocycles. The lowest BCUT2D eigenvalue weighted by Gasteiger charge is -2.19. The van der Waals surface area contributed by atoms with Crippen molar-refractivity contribution in [1.82, 2.24) is 15.6 Å². The van der Waals surface area contributed by atoms with E-state index in [9.17, 15) is 4.79 Å². The van der Waals surface area contributed by atoms with Crippen LogP contribution in [0.25, 0.3) is 0 Å². The first kappa shape index (κ1) is 15.8. The molecule has 1 aliphatic rings. The average Bonchev–Trinajstić information content (AvgIpc) is 2.64. The Morgan fingerprint density at radius 1 is 1.43 bits per heavy atom. The van der Waals surface area contributed by atoms with E-state index in [2.05, 4.69) is 29.5 Å². The fraction of sp³-hybridized carbons (Fsp3) is 0.625. The third-order valence-electron chi connectivity index (χ3n) is 3.50. The topological polar surface area (TPSA) is 63.2 Å². The Morgan fingerprint density at radius 2 is 2.24 bits per heavy atom. The quantitative estimate of drug-likeness (QED) is 0.870. The van der Waals surface area contributed by atoms with Gasteiger partial charge in [-0.25, -0.2) is 0 Å². The minimum absolute atomic E-state index is 0.0177. The van der Waals surface area contributed by atoms with Crippen molar-refractivity contribution in [2.45, 2.75) is 58.7 Å². The summed E-state index contributed by atoms with van der Waals surface area (Å²) in [5, 5.41) is 6.24. The Morgan fingerprint density at radius 3 is 3.00 bits per heavy atom. The van der Waals surface area contributed by atoms with E-state index in [1.807, 2.05) is 19.1 Å². The van der Waals surface area contributed by atoms with Crippen LogP contribution in [-0.4, -0.2) is 29.6 Å². The Kier molecular flexibility index (Phi) is 5.56. The van der Waals surface area contributed by atoms with Gasteiger partial charge in [-0.3, -0.25) is 9.78 Å². The number of hydrogen-bond donors (Lipinski definition) is 2. The van der Waals surface area contributed by atoms with Gasteiger partial charge in [0.2, 0.25) is 0 Å². The highest BCUT2D eigenvalue weighted by Crippen LogP contribution is 2.21. The number of hydrogen-bond acceptors (Lipinski definition) is 4. The highest BCUT2D eigenvalue weighted by atomic mass is 16.5. The van der Waals surface area contributed by atoms with Crippen LogP contribution in [-0.2, 0) is 11.3 Å². The van der Waals surface area contributed by atoms with Crippen molar-refractivity contribution < 1.29 is 9.53 Å². The van der Waals surface area contributed by atoms with Gasteiger partial charge in [0.15, 0.2) is 6.10 Å². The molecule has 2 rings (SSSR count). The second-order valence-corrected chi connectivity index (χ2v) is 5.83.